The van der Waals surface area contributed by atoms with E-state index in [1.54, 1.807) is 0 Å². The maximum absolute atomic E-state index is 13.3. The van der Waals surface area contributed by atoms with Gasteiger partial charge >= 0.3 is 0 Å². The van der Waals surface area contributed by atoms with E-state index in [1.807, 2.05) is 0 Å². The summed E-state index contributed by atoms with van der Waals surface area (Å²) in [5.74, 6) is -0.302. The molecule has 4 nitrogen and oxygen atoms in total. The molecule has 0 spiro atoms. The largest absolute Gasteiger partial charge is 0.369 e. The van der Waals surface area contributed by atoms with Crippen LogP contribution in [0.1, 0.15) is 18.9 Å². The zero-order valence-corrected chi connectivity index (χ0v) is 10.4. The van der Waals surface area contributed by atoms with Crippen molar-refractivity contribution < 1.29 is 4.39 Å². The Kier molecular flexibility index (Phi) is 2.22. The summed E-state index contributed by atoms with van der Waals surface area (Å²) in [6.45, 7) is 0. The van der Waals surface area contributed by atoms with Gasteiger partial charge in [-0.2, -0.15) is 0 Å². The summed E-state index contributed by atoms with van der Waals surface area (Å²) >= 11 is 3.09. The van der Waals surface area contributed by atoms with E-state index in [2.05, 4.69) is 20.9 Å². The fourth-order valence-electron chi connectivity index (χ4n) is 1.91. The van der Waals surface area contributed by atoms with E-state index < -0.39 is 5.82 Å². The van der Waals surface area contributed by atoms with Gasteiger partial charge < -0.3 is 5.73 Å². The first kappa shape index (κ1) is 10.7. The van der Waals surface area contributed by atoms with Crippen LogP contribution < -0.4 is 11.3 Å². The van der Waals surface area contributed by atoms with Crippen LogP contribution in [0, 0.1) is 5.82 Å². The van der Waals surface area contributed by atoms with Crippen molar-refractivity contribution in [3.63, 3.8) is 0 Å². The predicted octanol–water partition coefficient (Wildman–Crippen LogP) is 2.22. The lowest BCUT2D eigenvalue weighted by Gasteiger charge is -2.09. The van der Waals surface area contributed by atoms with E-state index in [1.165, 1.54) is 16.7 Å². The minimum Gasteiger partial charge on any atom is -0.369 e. The Hall–Kier alpha value is -1.43. The highest BCUT2D eigenvalue weighted by Gasteiger charge is 2.28. The molecule has 1 saturated carbocycles. The van der Waals surface area contributed by atoms with Crippen LogP contribution in [-0.4, -0.2) is 9.55 Å². The van der Waals surface area contributed by atoms with Gasteiger partial charge in [0.2, 0.25) is 5.95 Å². The summed E-state index contributed by atoms with van der Waals surface area (Å²) in [5, 5.41) is 0.388. The molecule has 1 aliphatic rings. The van der Waals surface area contributed by atoms with Gasteiger partial charge in [-0.15, -0.1) is 0 Å². The highest BCUT2D eigenvalue weighted by molar-refractivity contribution is 9.10. The first-order chi connectivity index (χ1) is 8.09. The highest BCUT2D eigenvalue weighted by atomic mass is 79.9. The number of hydrogen-bond acceptors (Lipinski definition) is 3. The van der Waals surface area contributed by atoms with E-state index in [9.17, 15) is 9.18 Å². The third-order valence-electron chi connectivity index (χ3n) is 2.90. The molecule has 0 unspecified atom stereocenters. The zero-order chi connectivity index (χ0) is 12.2. The Morgan fingerprint density at radius 1 is 1.47 bits per heavy atom. The molecule has 17 heavy (non-hydrogen) atoms. The highest BCUT2D eigenvalue weighted by Crippen LogP contribution is 2.35. The quantitative estimate of drug-likeness (QED) is 0.878. The molecule has 1 aromatic heterocycles. The molecule has 88 valence electrons. The third-order valence-corrected chi connectivity index (χ3v) is 3.66. The number of rotatable bonds is 1. The van der Waals surface area contributed by atoms with Crippen molar-refractivity contribution in [1.29, 1.82) is 0 Å². The molecule has 1 aromatic carbocycles. The Bertz CT molecular complexity index is 678. The minimum atomic E-state index is -0.451. The Labute approximate surface area is 104 Å². The lowest BCUT2D eigenvalue weighted by Crippen LogP contribution is -2.23. The molecular weight excluding hydrogens is 289 g/mol. The summed E-state index contributed by atoms with van der Waals surface area (Å²) in [6.07, 6.45) is 1.89. The lowest BCUT2D eigenvalue weighted by molar-refractivity contribution is 0.622. The molecule has 0 saturated heterocycles. The molecule has 0 atom stereocenters. The van der Waals surface area contributed by atoms with Crippen LogP contribution in [0.15, 0.2) is 21.4 Å². The number of benzene rings is 1. The van der Waals surface area contributed by atoms with Gasteiger partial charge in [-0.25, -0.2) is 9.37 Å². The van der Waals surface area contributed by atoms with Gasteiger partial charge in [0, 0.05) is 6.04 Å². The maximum atomic E-state index is 13.3. The molecular formula is C11H9BrFN3O. The van der Waals surface area contributed by atoms with Crippen molar-refractivity contribution in [2.24, 2.45) is 0 Å². The second kappa shape index (κ2) is 3.53. The van der Waals surface area contributed by atoms with Crippen LogP contribution in [-0.2, 0) is 0 Å². The molecule has 6 heteroatoms. The van der Waals surface area contributed by atoms with E-state index in [0.29, 0.717) is 5.39 Å². The number of nitrogens with two attached hydrogens (primary N) is 1. The second-order valence-electron chi connectivity index (χ2n) is 4.13. The lowest BCUT2D eigenvalue weighted by atomic mass is 10.2. The van der Waals surface area contributed by atoms with Crippen molar-refractivity contribution in [3.8, 4) is 0 Å². The summed E-state index contributed by atoms with van der Waals surface area (Å²) in [7, 11) is 0. The van der Waals surface area contributed by atoms with Crippen LogP contribution in [0.4, 0.5) is 10.3 Å². The van der Waals surface area contributed by atoms with Gasteiger partial charge in [-0.05, 0) is 40.9 Å². The monoisotopic (exact) mass is 297 g/mol. The number of hydrogen-bond donors (Lipinski definition) is 1. The third kappa shape index (κ3) is 1.55. The zero-order valence-electron chi connectivity index (χ0n) is 8.78. The van der Waals surface area contributed by atoms with Crippen molar-refractivity contribution in [1.82, 2.24) is 9.55 Å². The Balaban J connectivity index is 2.43. The second-order valence-corrected chi connectivity index (χ2v) is 4.93. The van der Waals surface area contributed by atoms with Crippen molar-refractivity contribution in [3.05, 3.63) is 32.8 Å². The average Bonchev–Trinajstić information content (AvgIpc) is 3.08. The van der Waals surface area contributed by atoms with Gasteiger partial charge in [-0.3, -0.25) is 9.36 Å². The Morgan fingerprint density at radius 2 is 2.18 bits per heavy atom. The number of halogens is 2. The minimum absolute atomic E-state index is 0.149. The molecule has 0 bridgehead atoms. The van der Waals surface area contributed by atoms with Crippen molar-refractivity contribution >= 4 is 32.8 Å². The number of aromatic nitrogens is 2. The average molecular weight is 298 g/mol. The van der Waals surface area contributed by atoms with Gasteiger partial charge in [0.05, 0.1) is 15.4 Å². The molecule has 0 aliphatic heterocycles. The fourth-order valence-corrected chi connectivity index (χ4v) is 2.34. The van der Waals surface area contributed by atoms with Crippen molar-refractivity contribution in [2.45, 2.75) is 18.9 Å². The van der Waals surface area contributed by atoms with Gasteiger partial charge in [-0.1, -0.05) is 0 Å². The van der Waals surface area contributed by atoms with E-state index in [4.69, 9.17) is 5.73 Å². The molecule has 0 amide bonds. The molecule has 2 N–H and O–H groups in total. The summed E-state index contributed by atoms with van der Waals surface area (Å²) < 4.78 is 15.0. The van der Waals surface area contributed by atoms with Crippen LogP contribution in [0.3, 0.4) is 0 Å². The van der Waals surface area contributed by atoms with Crippen LogP contribution in [0.5, 0.6) is 0 Å². The topological polar surface area (TPSA) is 60.9 Å². The van der Waals surface area contributed by atoms with E-state index in [-0.39, 0.29) is 27.5 Å². The number of anilines is 1. The molecule has 1 aliphatic carbocycles. The molecule has 3 rings (SSSR count). The normalized spacial score (nSPS) is 15.4. The fraction of sp³-hybridized carbons (Fsp3) is 0.273. The number of nitrogen functional groups attached to an aromatic ring is 1. The first-order valence-corrected chi connectivity index (χ1v) is 6.04. The van der Waals surface area contributed by atoms with Gasteiger partial charge in [0.1, 0.15) is 5.82 Å². The summed E-state index contributed by atoms with van der Waals surface area (Å²) in [4.78, 5) is 16.3. The Morgan fingerprint density at radius 3 is 2.82 bits per heavy atom. The number of fused-ring (bicyclic) bond motifs is 1. The van der Waals surface area contributed by atoms with Crippen molar-refractivity contribution in [2.75, 3.05) is 5.73 Å². The standard InChI is InChI=1S/C11H9BrFN3O/c12-8-7(13)4-3-6-9(8)15-11(14)16(10(6)17)5-1-2-5/h3-5H,1-2H2,(H2,14,15). The SMILES string of the molecule is Nc1nc2c(Br)c(F)ccc2c(=O)n1C1CC1. The smallest absolute Gasteiger partial charge is 0.263 e. The molecule has 0 radical (unpaired) electrons. The molecule has 1 fully saturated rings. The first-order valence-electron chi connectivity index (χ1n) is 5.25. The van der Waals surface area contributed by atoms with Crippen LogP contribution >= 0.6 is 15.9 Å². The van der Waals surface area contributed by atoms with Crippen LogP contribution in [0.25, 0.3) is 10.9 Å². The summed E-state index contributed by atoms with van der Waals surface area (Å²) in [5.41, 5.74) is 5.84. The van der Waals surface area contributed by atoms with E-state index >= 15 is 0 Å². The molecule has 2 aromatic rings. The van der Waals surface area contributed by atoms with E-state index in [0.717, 1.165) is 12.8 Å². The van der Waals surface area contributed by atoms with Crippen LogP contribution in [0.2, 0.25) is 0 Å². The predicted molar refractivity (Wildman–Crippen MR) is 66.3 cm³/mol. The number of nitrogens with zero attached hydrogens (tertiary/aromatic N) is 2. The maximum Gasteiger partial charge on any atom is 0.263 e. The summed E-state index contributed by atoms with van der Waals surface area (Å²) in [6, 6.07) is 2.86. The molecule has 1 heterocycles. The van der Waals surface area contributed by atoms with Gasteiger partial charge in [0.25, 0.3) is 5.56 Å². The van der Waals surface area contributed by atoms with Gasteiger partial charge in [0.15, 0.2) is 0 Å².